The first-order valence-corrected chi connectivity index (χ1v) is 11.2. The number of carbonyl (C=O) groups is 2. The lowest BCUT2D eigenvalue weighted by atomic mass is 9.87. The molecule has 0 spiro atoms. The first-order valence-electron chi connectivity index (χ1n) is 9.71. The van der Waals surface area contributed by atoms with E-state index in [1.54, 1.807) is 55.5 Å². The summed E-state index contributed by atoms with van der Waals surface area (Å²) >= 11 is 0. The molecule has 2 amide bonds. The number of likely N-dealkylation sites (N-methyl/N-ethyl adjacent to an activating group) is 1. The Morgan fingerprint density at radius 2 is 1.40 bits per heavy atom. The van der Waals surface area contributed by atoms with E-state index in [0.717, 1.165) is 9.87 Å². The summed E-state index contributed by atoms with van der Waals surface area (Å²) in [6.07, 6.45) is 0. The molecule has 0 unspecified atom stereocenters. The summed E-state index contributed by atoms with van der Waals surface area (Å²) in [5.74, 6) is -0.634. The van der Waals surface area contributed by atoms with Crippen molar-refractivity contribution in [3.05, 3.63) is 54.1 Å². The summed E-state index contributed by atoms with van der Waals surface area (Å²) in [6, 6.07) is 13.4. The molecule has 2 N–H and O–H groups in total. The SMILES string of the molecule is CCN(CC(=O)Nc1ccc(NC(C)=O)cc1)S(=O)(=O)c1ccc(C(C)(C)C)cc1. The normalized spacial score (nSPS) is 11.9. The Hall–Kier alpha value is -2.71. The highest BCUT2D eigenvalue weighted by Crippen LogP contribution is 2.24. The molecular weight excluding hydrogens is 402 g/mol. The molecule has 0 fully saturated rings. The van der Waals surface area contributed by atoms with E-state index >= 15 is 0 Å². The van der Waals surface area contributed by atoms with Gasteiger partial charge in [0.15, 0.2) is 0 Å². The van der Waals surface area contributed by atoms with Gasteiger partial charge in [-0.15, -0.1) is 0 Å². The van der Waals surface area contributed by atoms with Gasteiger partial charge in [-0.2, -0.15) is 4.31 Å². The van der Waals surface area contributed by atoms with Crippen LogP contribution in [0.25, 0.3) is 0 Å². The van der Waals surface area contributed by atoms with Crippen LogP contribution in [0.15, 0.2) is 53.4 Å². The lowest BCUT2D eigenvalue weighted by molar-refractivity contribution is -0.116. The van der Waals surface area contributed by atoms with E-state index in [-0.39, 0.29) is 29.3 Å². The van der Waals surface area contributed by atoms with Crippen molar-refractivity contribution < 1.29 is 18.0 Å². The number of hydrogen-bond donors (Lipinski definition) is 2. The highest BCUT2D eigenvalue weighted by molar-refractivity contribution is 7.89. The van der Waals surface area contributed by atoms with Crippen LogP contribution in [0.5, 0.6) is 0 Å². The standard InChI is InChI=1S/C22H29N3O4S/c1-6-25(30(28,29)20-13-7-17(8-14-20)22(3,4)5)15-21(27)24-19-11-9-18(10-12-19)23-16(2)26/h7-14H,6,15H2,1-5H3,(H,23,26)(H,24,27). The second-order valence-corrected chi connectivity index (χ2v) is 9.95. The number of benzene rings is 2. The second kappa shape index (κ2) is 9.40. The van der Waals surface area contributed by atoms with Crippen molar-refractivity contribution in [1.29, 1.82) is 0 Å². The van der Waals surface area contributed by atoms with Crippen molar-refractivity contribution in [1.82, 2.24) is 4.31 Å². The first-order chi connectivity index (χ1) is 13.9. The minimum Gasteiger partial charge on any atom is -0.326 e. The smallest absolute Gasteiger partial charge is 0.243 e. The zero-order valence-corrected chi connectivity index (χ0v) is 18.8. The van der Waals surface area contributed by atoms with E-state index < -0.39 is 15.9 Å². The Bertz CT molecular complexity index is 992. The van der Waals surface area contributed by atoms with Crippen molar-refractivity contribution in [3.63, 3.8) is 0 Å². The summed E-state index contributed by atoms with van der Waals surface area (Å²) < 4.78 is 27.1. The van der Waals surface area contributed by atoms with E-state index in [4.69, 9.17) is 0 Å². The molecule has 0 aromatic heterocycles. The van der Waals surface area contributed by atoms with Gasteiger partial charge < -0.3 is 10.6 Å². The van der Waals surface area contributed by atoms with Crippen LogP contribution in [0.3, 0.4) is 0 Å². The molecule has 2 aromatic carbocycles. The van der Waals surface area contributed by atoms with Gasteiger partial charge in [0.1, 0.15) is 0 Å². The first kappa shape index (κ1) is 23.6. The molecular formula is C22H29N3O4S. The number of amides is 2. The predicted octanol–water partition coefficient (Wildman–Crippen LogP) is 3.59. The quantitative estimate of drug-likeness (QED) is 0.700. The van der Waals surface area contributed by atoms with E-state index in [0.29, 0.717) is 11.4 Å². The van der Waals surface area contributed by atoms with Gasteiger partial charge in [0.2, 0.25) is 21.8 Å². The maximum absolute atomic E-state index is 13.0. The molecule has 162 valence electrons. The molecule has 2 aromatic rings. The van der Waals surface area contributed by atoms with Gasteiger partial charge in [0.05, 0.1) is 11.4 Å². The van der Waals surface area contributed by atoms with E-state index in [1.165, 1.54) is 6.92 Å². The molecule has 0 saturated carbocycles. The molecule has 0 saturated heterocycles. The molecule has 7 nitrogen and oxygen atoms in total. The number of hydrogen-bond acceptors (Lipinski definition) is 4. The lowest BCUT2D eigenvalue weighted by Gasteiger charge is -2.22. The number of sulfonamides is 1. The van der Waals surface area contributed by atoms with Crippen LogP contribution in [0.4, 0.5) is 11.4 Å². The minimum atomic E-state index is -3.80. The topological polar surface area (TPSA) is 95.6 Å². The van der Waals surface area contributed by atoms with Crippen LogP contribution < -0.4 is 10.6 Å². The minimum absolute atomic E-state index is 0.0812. The monoisotopic (exact) mass is 431 g/mol. The Labute approximate surface area is 178 Å². The third-order valence-electron chi connectivity index (χ3n) is 4.52. The van der Waals surface area contributed by atoms with Crippen LogP contribution in [0.2, 0.25) is 0 Å². The predicted molar refractivity (Wildman–Crippen MR) is 119 cm³/mol. The molecule has 0 aliphatic rings. The second-order valence-electron chi connectivity index (χ2n) is 8.01. The van der Waals surface area contributed by atoms with Gasteiger partial charge in [0.25, 0.3) is 0 Å². The molecule has 0 atom stereocenters. The highest BCUT2D eigenvalue weighted by Gasteiger charge is 2.26. The summed E-state index contributed by atoms with van der Waals surface area (Å²) in [5, 5.41) is 5.32. The molecule has 2 rings (SSSR count). The van der Waals surface area contributed by atoms with Crippen molar-refractivity contribution in [2.45, 2.75) is 44.9 Å². The summed E-state index contributed by atoms with van der Waals surface area (Å²) in [7, 11) is -3.80. The highest BCUT2D eigenvalue weighted by atomic mass is 32.2. The van der Waals surface area contributed by atoms with E-state index in [2.05, 4.69) is 31.4 Å². The third-order valence-corrected chi connectivity index (χ3v) is 6.45. The largest absolute Gasteiger partial charge is 0.326 e. The van der Waals surface area contributed by atoms with Crippen LogP contribution in [-0.2, 0) is 25.0 Å². The molecule has 0 aliphatic carbocycles. The zero-order chi connectivity index (χ0) is 22.5. The number of nitrogens with zero attached hydrogens (tertiary/aromatic N) is 1. The third kappa shape index (κ3) is 6.14. The molecule has 30 heavy (non-hydrogen) atoms. The van der Waals surface area contributed by atoms with Crippen molar-refractivity contribution in [3.8, 4) is 0 Å². The van der Waals surface area contributed by atoms with Gasteiger partial charge in [-0.1, -0.05) is 39.8 Å². The fourth-order valence-corrected chi connectivity index (χ4v) is 4.25. The maximum Gasteiger partial charge on any atom is 0.243 e. The number of nitrogens with one attached hydrogen (secondary N) is 2. The van der Waals surface area contributed by atoms with Crippen LogP contribution in [0.1, 0.15) is 40.2 Å². The van der Waals surface area contributed by atoms with Crippen LogP contribution in [-0.4, -0.2) is 37.6 Å². The molecule has 0 heterocycles. The fraction of sp³-hybridized carbons (Fsp3) is 0.364. The number of carbonyl (C=O) groups excluding carboxylic acids is 2. The Kier molecular flexibility index (Phi) is 7.39. The summed E-state index contributed by atoms with van der Waals surface area (Å²) in [5.41, 5.74) is 2.07. The zero-order valence-electron chi connectivity index (χ0n) is 18.0. The number of anilines is 2. The van der Waals surface area contributed by atoms with Crippen molar-refractivity contribution in [2.24, 2.45) is 0 Å². The molecule has 0 radical (unpaired) electrons. The maximum atomic E-state index is 13.0. The van der Waals surface area contributed by atoms with E-state index in [1.807, 2.05) is 0 Å². The van der Waals surface area contributed by atoms with Crippen molar-refractivity contribution in [2.75, 3.05) is 23.7 Å². The van der Waals surface area contributed by atoms with Crippen LogP contribution >= 0.6 is 0 Å². The summed E-state index contributed by atoms with van der Waals surface area (Å²) in [4.78, 5) is 23.6. The van der Waals surface area contributed by atoms with Crippen molar-refractivity contribution >= 4 is 33.2 Å². The number of rotatable bonds is 7. The van der Waals surface area contributed by atoms with Gasteiger partial charge in [-0.25, -0.2) is 8.42 Å². The Morgan fingerprint density at radius 3 is 1.83 bits per heavy atom. The van der Waals surface area contributed by atoms with E-state index in [9.17, 15) is 18.0 Å². The van der Waals surface area contributed by atoms with Crippen LogP contribution in [0, 0.1) is 0 Å². The summed E-state index contributed by atoms with van der Waals surface area (Å²) in [6.45, 7) is 9.14. The Morgan fingerprint density at radius 1 is 0.900 bits per heavy atom. The fourth-order valence-electron chi connectivity index (χ4n) is 2.84. The Balaban J connectivity index is 2.09. The van der Waals surface area contributed by atoms with Gasteiger partial charge in [-0.05, 0) is 47.4 Å². The average Bonchev–Trinajstić information content (AvgIpc) is 2.66. The molecule has 0 aliphatic heterocycles. The lowest BCUT2D eigenvalue weighted by Crippen LogP contribution is -2.37. The molecule has 8 heteroatoms. The average molecular weight is 432 g/mol. The van der Waals surface area contributed by atoms with Gasteiger partial charge >= 0.3 is 0 Å². The molecule has 0 bridgehead atoms. The van der Waals surface area contributed by atoms with Gasteiger partial charge in [-0.3, -0.25) is 9.59 Å². The van der Waals surface area contributed by atoms with Gasteiger partial charge in [0, 0.05) is 24.8 Å².